The second kappa shape index (κ2) is 9.79. The summed E-state index contributed by atoms with van der Waals surface area (Å²) < 4.78 is 19.3. The number of likely N-dealkylation sites (tertiary alicyclic amines) is 1. The number of piperidine rings is 1. The molecule has 1 saturated carbocycles. The van der Waals surface area contributed by atoms with Crippen LogP contribution in [-0.2, 0) is 4.79 Å². The third-order valence-corrected chi connectivity index (χ3v) is 6.67. The first kappa shape index (κ1) is 21.8. The molecule has 1 heterocycles. The number of carbonyl (C=O) groups is 1. The lowest BCUT2D eigenvalue weighted by molar-refractivity contribution is -0.137. The van der Waals surface area contributed by atoms with Crippen LogP contribution >= 0.6 is 0 Å². The minimum atomic E-state index is -0.751. The maximum atomic E-state index is 13.2. The Hall–Kier alpha value is -2.44. The van der Waals surface area contributed by atoms with Crippen molar-refractivity contribution in [3.8, 4) is 5.75 Å². The summed E-state index contributed by atoms with van der Waals surface area (Å²) in [5, 5.41) is 12.7. The number of nitrogens with one attached hydrogen (secondary N) is 1. The summed E-state index contributed by atoms with van der Waals surface area (Å²) in [4.78, 5) is 13.1. The molecule has 0 spiro atoms. The number of rotatable bonds is 10. The Kier molecular flexibility index (Phi) is 6.88. The van der Waals surface area contributed by atoms with Gasteiger partial charge >= 0.3 is 5.97 Å². The van der Waals surface area contributed by atoms with Gasteiger partial charge in [0.25, 0.3) is 0 Å². The van der Waals surface area contributed by atoms with Gasteiger partial charge in [0.15, 0.2) is 0 Å². The lowest BCUT2D eigenvalue weighted by Crippen LogP contribution is -2.49. The molecule has 0 aromatic heterocycles. The molecule has 2 aliphatic rings. The first-order valence-electron chi connectivity index (χ1n) is 11.1. The number of carboxylic acid groups (broad SMARTS) is 1. The number of halogens is 1. The fourth-order valence-electron chi connectivity index (χ4n) is 4.48. The molecule has 5 nitrogen and oxygen atoms in total. The summed E-state index contributed by atoms with van der Waals surface area (Å²) in [6.45, 7) is 3.77. The highest BCUT2D eigenvalue weighted by atomic mass is 19.1. The van der Waals surface area contributed by atoms with Gasteiger partial charge in [-0.05, 0) is 62.2 Å². The number of benzene rings is 2. The van der Waals surface area contributed by atoms with E-state index in [9.17, 15) is 9.18 Å². The minimum Gasteiger partial charge on any atom is -0.493 e. The smallest absolute Gasteiger partial charge is 0.304 e. The highest BCUT2D eigenvalue weighted by Gasteiger charge is 2.41. The summed E-state index contributed by atoms with van der Waals surface area (Å²) in [6.07, 6.45) is 3.23. The molecule has 2 atom stereocenters. The van der Waals surface area contributed by atoms with Crippen LogP contribution in [0.25, 0.3) is 0 Å². The van der Waals surface area contributed by atoms with Gasteiger partial charge in [-0.15, -0.1) is 0 Å². The van der Waals surface area contributed by atoms with E-state index < -0.39 is 5.97 Å². The van der Waals surface area contributed by atoms with E-state index in [0.29, 0.717) is 30.9 Å². The molecule has 2 aromatic rings. The molecule has 1 aliphatic carbocycles. The molecule has 1 saturated heterocycles. The molecular formula is C25H31FN2O3. The standard InChI is InChI=1S/C25H31FN2O3/c26-20-6-8-21(9-7-20)31-18-25(11-14-28(15-12-25)13-10-24(29)30)17-27-23-16-22(23)19-4-2-1-3-5-19/h1-9,22-23,27H,10-18H2,(H,29,30)/t22-,23+/m0/s1. The van der Waals surface area contributed by atoms with Crippen molar-refractivity contribution in [2.24, 2.45) is 5.41 Å². The van der Waals surface area contributed by atoms with Crippen LogP contribution in [-0.4, -0.2) is 54.8 Å². The Balaban J connectivity index is 1.34. The Morgan fingerprint density at radius 3 is 2.52 bits per heavy atom. The summed E-state index contributed by atoms with van der Waals surface area (Å²) in [6, 6.07) is 17.3. The van der Waals surface area contributed by atoms with Crippen LogP contribution in [0.2, 0.25) is 0 Å². The van der Waals surface area contributed by atoms with Crippen LogP contribution in [0, 0.1) is 11.2 Å². The average Bonchev–Trinajstić information content (AvgIpc) is 3.57. The average molecular weight is 427 g/mol. The van der Waals surface area contributed by atoms with Gasteiger partial charge in [-0.1, -0.05) is 30.3 Å². The van der Waals surface area contributed by atoms with E-state index in [4.69, 9.17) is 9.84 Å². The molecule has 2 aromatic carbocycles. The van der Waals surface area contributed by atoms with Gasteiger partial charge in [-0.25, -0.2) is 4.39 Å². The van der Waals surface area contributed by atoms with E-state index in [1.807, 2.05) is 6.07 Å². The van der Waals surface area contributed by atoms with Gasteiger partial charge < -0.3 is 20.1 Å². The van der Waals surface area contributed by atoms with Gasteiger partial charge in [0.2, 0.25) is 0 Å². The van der Waals surface area contributed by atoms with Gasteiger partial charge in [0.05, 0.1) is 13.0 Å². The predicted octanol–water partition coefficient (Wildman–Crippen LogP) is 3.91. The predicted molar refractivity (Wildman–Crippen MR) is 118 cm³/mol. The van der Waals surface area contributed by atoms with E-state index in [1.54, 1.807) is 12.1 Å². The topological polar surface area (TPSA) is 61.8 Å². The van der Waals surface area contributed by atoms with E-state index in [0.717, 1.165) is 38.9 Å². The third-order valence-electron chi connectivity index (χ3n) is 6.67. The maximum Gasteiger partial charge on any atom is 0.304 e. The van der Waals surface area contributed by atoms with E-state index in [-0.39, 0.29) is 17.7 Å². The Labute approximate surface area is 183 Å². The second-order valence-corrected chi connectivity index (χ2v) is 8.97. The Bertz CT molecular complexity index is 851. The van der Waals surface area contributed by atoms with Crippen molar-refractivity contribution < 1.29 is 19.0 Å². The molecule has 0 amide bonds. The van der Waals surface area contributed by atoms with Crippen molar-refractivity contribution in [3.63, 3.8) is 0 Å². The number of hydrogen-bond acceptors (Lipinski definition) is 4. The lowest BCUT2D eigenvalue weighted by Gasteiger charge is -2.41. The van der Waals surface area contributed by atoms with Crippen molar-refractivity contribution in [1.82, 2.24) is 10.2 Å². The normalized spacial score (nSPS) is 22.7. The number of aliphatic carboxylic acids is 1. The molecule has 2 N–H and O–H groups in total. The van der Waals surface area contributed by atoms with Crippen LogP contribution in [0.5, 0.6) is 5.75 Å². The summed E-state index contributed by atoms with van der Waals surface area (Å²) >= 11 is 0. The zero-order valence-corrected chi connectivity index (χ0v) is 17.8. The van der Waals surface area contributed by atoms with E-state index in [1.165, 1.54) is 17.7 Å². The summed E-state index contributed by atoms with van der Waals surface area (Å²) in [7, 11) is 0. The summed E-state index contributed by atoms with van der Waals surface area (Å²) in [5.74, 6) is 0.240. The Morgan fingerprint density at radius 2 is 1.84 bits per heavy atom. The van der Waals surface area contributed by atoms with Gasteiger partial charge in [-0.2, -0.15) is 0 Å². The van der Waals surface area contributed by atoms with E-state index in [2.05, 4.69) is 34.5 Å². The quantitative estimate of drug-likeness (QED) is 0.603. The number of hydrogen-bond donors (Lipinski definition) is 2. The zero-order chi connectivity index (χ0) is 21.7. The van der Waals surface area contributed by atoms with E-state index >= 15 is 0 Å². The molecule has 0 unspecified atom stereocenters. The number of carboxylic acids is 1. The highest BCUT2D eigenvalue weighted by Crippen LogP contribution is 2.42. The van der Waals surface area contributed by atoms with Gasteiger partial charge in [-0.3, -0.25) is 4.79 Å². The molecule has 6 heteroatoms. The largest absolute Gasteiger partial charge is 0.493 e. The first-order chi connectivity index (χ1) is 15.0. The molecule has 4 rings (SSSR count). The molecular weight excluding hydrogens is 395 g/mol. The van der Waals surface area contributed by atoms with Gasteiger partial charge in [0.1, 0.15) is 11.6 Å². The van der Waals surface area contributed by atoms with Crippen molar-refractivity contribution in [3.05, 3.63) is 66.0 Å². The number of nitrogens with zero attached hydrogens (tertiary/aromatic N) is 1. The zero-order valence-electron chi connectivity index (χ0n) is 17.8. The molecule has 0 radical (unpaired) electrons. The molecule has 2 fully saturated rings. The Morgan fingerprint density at radius 1 is 1.13 bits per heavy atom. The third kappa shape index (κ3) is 6.05. The molecule has 0 bridgehead atoms. The minimum absolute atomic E-state index is 0.0159. The molecule has 31 heavy (non-hydrogen) atoms. The van der Waals surface area contributed by atoms with Crippen LogP contribution in [0.4, 0.5) is 4.39 Å². The van der Waals surface area contributed by atoms with Crippen LogP contribution in [0.15, 0.2) is 54.6 Å². The van der Waals surface area contributed by atoms with Gasteiger partial charge in [0, 0.05) is 30.5 Å². The lowest BCUT2D eigenvalue weighted by atomic mass is 9.78. The first-order valence-corrected chi connectivity index (χ1v) is 11.1. The summed E-state index contributed by atoms with van der Waals surface area (Å²) in [5.41, 5.74) is 1.37. The fraction of sp³-hybridized carbons (Fsp3) is 0.480. The van der Waals surface area contributed by atoms with Crippen molar-refractivity contribution in [2.45, 2.75) is 37.6 Å². The highest BCUT2D eigenvalue weighted by molar-refractivity contribution is 5.66. The fourth-order valence-corrected chi connectivity index (χ4v) is 4.48. The van der Waals surface area contributed by atoms with Crippen LogP contribution in [0.1, 0.15) is 37.2 Å². The second-order valence-electron chi connectivity index (χ2n) is 8.97. The monoisotopic (exact) mass is 426 g/mol. The van der Waals surface area contributed by atoms with Crippen molar-refractivity contribution in [2.75, 3.05) is 32.8 Å². The van der Waals surface area contributed by atoms with Crippen molar-refractivity contribution in [1.29, 1.82) is 0 Å². The molecule has 166 valence electrons. The SMILES string of the molecule is O=C(O)CCN1CCC(CN[C@@H]2C[C@H]2c2ccccc2)(COc2ccc(F)cc2)CC1. The van der Waals surface area contributed by atoms with Crippen LogP contribution < -0.4 is 10.1 Å². The maximum absolute atomic E-state index is 13.2. The number of ether oxygens (including phenoxy) is 1. The van der Waals surface area contributed by atoms with Crippen LogP contribution in [0.3, 0.4) is 0 Å². The van der Waals surface area contributed by atoms with Crippen molar-refractivity contribution >= 4 is 5.97 Å². The molecule has 1 aliphatic heterocycles.